The number of thiophene rings is 1. The molecule has 0 N–H and O–H groups in total. The first-order valence-electron chi connectivity index (χ1n) is 6.98. The number of rotatable bonds is 4. The maximum Gasteiger partial charge on any atom is 0.141 e. The van der Waals surface area contributed by atoms with Crippen LogP contribution in [0, 0.1) is 0 Å². The summed E-state index contributed by atoms with van der Waals surface area (Å²) in [5.41, 5.74) is 2.86. The number of aromatic nitrogens is 5. The van der Waals surface area contributed by atoms with Crippen LogP contribution in [0.2, 0.25) is 0 Å². The average Bonchev–Trinajstić information content (AvgIpc) is 3.33. The van der Waals surface area contributed by atoms with Crippen molar-refractivity contribution in [1.29, 1.82) is 0 Å². The molecule has 0 amide bonds. The van der Waals surface area contributed by atoms with Crippen LogP contribution in [-0.2, 0) is 0 Å². The Labute approximate surface area is 136 Å². The lowest BCUT2D eigenvalue weighted by molar-refractivity contribution is 0.878. The van der Waals surface area contributed by atoms with Crippen LogP contribution in [0.3, 0.4) is 0 Å². The molecule has 112 valence electrons. The van der Waals surface area contributed by atoms with E-state index in [1.54, 1.807) is 34.9 Å². The van der Waals surface area contributed by atoms with E-state index in [2.05, 4.69) is 15.3 Å². The number of hydrogen-bond acceptors (Lipinski definition) is 5. The summed E-state index contributed by atoms with van der Waals surface area (Å²) in [6.45, 7) is 0. The normalized spacial score (nSPS) is 11.3. The quantitative estimate of drug-likeness (QED) is 0.543. The Morgan fingerprint density at radius 2 is 1.83 bits per heavy atom. The molecule has 0 bridgehead atoms. The summed E-state index contributed by atoms with van der Waals surface area (Å²) < 4.78 is 3.43. The van der Waals surface area contributed by atoms with E-state index in [-0.39, 0.29) is 0 Å². The van der Waals surface area contributed by atoms with E-state index >= 15 is 0 Å². The van der Waals surface area contributed by atoms with Crippen LogP contribution in [0.4, 0.5) is 0 Å². The number of benzene rings is 1. The molecule has 3 aromatic heterocycles. The molecule has 0 aliphatic heterocycles. The Bertz CT molecular complexity index is 907. The summed E-state index contributed by atoms with van der Waals surface area (Å²) in [7, 11) is 0. The highest BCUT2D eigenvalue weighted by Crippen LogP contribution is 2.24. The summed E-state index contributed by atoms with van der Waals surface area (Å²) in [5.74, 6) is 0. The van der Waals surface area contributed by atoms with Gasteiger partial charge in [-0.15, -0.1) is 21.5 Å². The SMILES string of the molecule is C(=N\n1cnnc1)/c1cn(-c2cccs2)nc1-c1ccccc1. The Morgan fingerprint density at radius 1 is 1.00 bits per heavy atom. The second-order valence-corrected chi connectivity index (χ2v) is 5.71. The zero-order valence-electron chi connectivity index (χ0n) is 12.0. The van der Waals surface area contributed by atoms with Crippen molar-refractivity contribution in [3.63, 3.8) is 0 Å². The maximum absolute atomic E-state index is 4.72. The first-order valence-corrected chi connectivity index (χ1v) is 7.86. The van der Waals surface area contributed by atoms with E-state index in [9.17, 15) is 0 Å². The Kier molecular flexibility index (Phi) is 3.53. The lowest BCUT2D eigenvalue weighted by Crippen LogP contribution is -1.90. The van der Waals surface area contributed by atoms with E-state index in [0.717, 1.165) is 21.8 Å². The van der Waals surface area contributed by atoms with Crippen molar-refractivity contribution in [3.05, 3.63) is 72.3 Å². The molecule has 7 heteroatoms. The highest BCUT2D eigenvalue weighted by molar-refractivity contribution is 7.12. The third-order valence-corrected chi connectivity index (χ3v) is 4.12. The van der Waals surface area contributed by atoms with Crippen molar-refractivity contribution in [1.82, 2.24) is 24.7 Å². The molecule has 0 saturated carbocycles. The molecule has 23 heavy (non-hydrogen) atoms. The Hall–Kier alpha value is -3.06. The highest BCUT2D eigenvalue weighted by Gasteiger charge is 2.11. The monoisotopic (exact) mass is 320 g/mol. The summed E-state index contributed by atoms with van der Waals surface area (Å²) >= 11 is 1.64. The van der Waals surface area contributed by atoms with Gasteiger partial charge in [0.1, 0.15) is 23.3 Å². The van der Waals surface area contributed by atoms with E-state index in [4.69, 9.17) is 5.10 Å². The largest absolute Gasteiger partial charge is 0.230 e. The molecule has 4 rings (SSSR count). The topological polar surface area (TPSA) is 60.9 Å². The van der Waals surface area contributed by atoms with Gasteiger partial charge < -0.3 is 0 Å². The minimum absolute atomic E-state index is 0.885. The molecule has 3 heterocycles. The lowest BCUT2D eigenvalue weighted by Gasteiger charge is -1.98. The van der Waals surface area contributed by atoms with Crippen molar-refractivity contribution < 1.29 is 0 Å². The molecule has 4 aromatic rings. The fourth-order valence-corrected chi connectivity index (χ4v) is 2.85. The lowest BCUT2D eigenvalue weighted by atomic mass is 10.1. The summed E-state index contributed by atoms with van der Waals surface area (Å²) in [6.07, 6.45) is 6.83. The molecule has 0 unspecified atom stereocenters. The molecule has 0 saturated heterocycles. The zero-order chi connectivity index (χ0) is 15.5. The van der Waals surface area contributed by atoms with Gasteiger partial charge in [-0.2, -0.15) is 10.2 Å². The maximum atomic E-state index is 4.72. The van der Waals surface area contributed by atoms with Gasteiger partial charge in [-0.1, -0.05) is 30.3 Å². The Morgan fingerprint density at radius 3 is 2.57 bits per heavy atom. The first kappa shape index (κ1) is 13.6. The van der Waals surface area contributed by atoms with Crippen LogP contribution in [0.5, 0.6) is 0 Å². The third-order valence-electron chi connectivity index (χ3n) is 3.26. The minimum atomic E-state index is 0.885. The van der Waals surface area contributed by atoms with Gasteiger partial charge in [0.2, 0.25) is 0 Å². The van der Waals surface area contributed by atoms with Gasteiger partial charge in [-0.3, -0.25) is 0 Å². The first-order chi connectivity index (χ1) is 11.4. The molecule has 0 fully saturated rings. The fourth-order valence-electron chi connectivity index (χ4n) is 2.20. The average molecular weight is 320 g/mol. The molecule has 0 spiro atoms. The van der Waals surface area contributed by atoms with Crippen molar-refractivity contribution in [2.45, 2.75) is 0 Å². The van der Waals surface area contributed by atoms with Crippen LogP contribution >= 0.6 is 11.3 Å². The fraction of sp³-hybridized carbons (Fsp3) is 0. The van der Waals surface area contributed by atoms with E-state index in [1.165, 1.54) is 0 Å². The molecular formula is C16H12N6S. The number of hydrogen-bond donors (Lipinski definition) is 0. The van der Waals surface area contributed by atoms with Crippen LogP contribution in [0.15, 0.2) is 71.8 Å². The zero-order valence-corrected chi connectivity index (χ0v) is 12.8. The van der Waals surface area contributed by atoms with Gasteiger partial charge in [0.05, 0.1) is 6.21 Å². The Balaban J connectivity index is 1.79. The van der Waals surface area contributed by atoms with E-state index in [1.807, 2.05) is 58.7 Å². The van der Waals surface area contributed by atoms with Crippen molar-refractivity contribution >= 4 is 17.6 Å². The molecule has 0 aliphatic rings. The molecule has 0 radical (unpaired) electrons. The summed E-state index contributed by atoms with van der Waals surface area (Å²) in [6, 6.07) is 14.1. The van der Waals surface area contributed by atoms with Gasteiger partial charge in [-0.05, 0) is 17.5 Å². The van der Waals surface area contributed by atoms with Gasteiger partial charge in [0.15, 0.2) is 0 Å². The summed E-state index contributed by atoms with van der Waals surface area (Å²) in [4.78, 5) is 0. The van der Waals surface area contributed by atoms with Crippen LogP contribution in [0.25, 0.3) is 16.3 Å². The summed E-state index contributed by atoms with van der Waals surface area (Å²) in [5, 5.41) is 19.6. The van der Waals surface area contributed by atoms with Gasteiger partial charge in [-0.25, -0.2) is 9.36 Å². The van der Waals surface area contributed by atoms with Gasteiger partial charge in [0, 0.05) is 17.3 Å². The van der Waals surface area contributed by atoms with Gasteiger partial charge in [0.25, 0.3) is 0 Å². The van der Waals surface area contributed by atoms with Crippen molar-refractivity contribution in [2.75, 3.05) is 0 Å². The molecule has 0 aliphatic carbocycles. The predicted molar refractivity (Wildman–Crippen MR) is 89.9 cm³/mol. The molecule has 6 nitrogen and oxygen atoms in total. The van der Waals surface area contributed by atoms with E-state index < -0.39 is 0 Å². The van der Waals surface area contributed by atoms with Crippen molar-refractivity contribution in [2.24, 2.45) is 5.10 Å². The van der Waals surface area contributed by atoms with Crippen LogP contribution < -0.4 is 0 Å². The van der Waals surface area contributed by atoms with Crippen LogP contribution in [0.1, 0.15) is 5.56 Å². The van der Waals surface area contributed by atoms with Gasteiger partial charge >= 0.3 is 0 Å². The van der Waals surface area contributed by atoms with Crippen LogP contribution in [-0.4, -0.2) is 30.9 Å². The van der Waals surface area contributed by atoms with E-state index in [0.29, 0.717) is 0 Å². The molecule has 1 aromatic carbocycles. The molecular weight excluding hydrogens is 308 g/mol. The van der Waals surface area contributed by atoms with Crippen molar-refractivity contribution in [3.8, 4) is 16.3 Å². The standard InChI is InChI=1S/C16H12N6S/c1-2-5-13(6-3-1)16-14(9-19-21-11-17-18-12-21)10-22(20-16)15-7-4-8-23-15/h1-12H/b19-9+. The minimum Gasteiger partial charge on any atom is -0.230 e. The second kappa shape index (κ2) is 5.98. The highest BCUT2D eigenvalue weighted by atomic mass is 32.1. The molecule has 0 atom stereocenters. The predicted octanol–water partition coefficient (Wildman–Crippen LogP) is 3.07. The second-order valence-electron chi connectivity index (χ2n) is 4.78. The number of nitrogens with zero attached hydrogens (tertiary/aromatic N) is 6. The third kappa shape index (κ3) is 2.82. The smallest absolute Gasteiger partial charge is 0.141 e.